The van der Waals surface area contributed by atoms with Crippen molar-refractivity contribution in [3.05, 3.63) is 22.4 Å². The second-order valence-electron chi connectivity index (χ2n) is 2.97. The largest absolute Gasteiger partial charge is 0.481 e. The van der Waals surface area contributed by atoms with Crippen LogP contribution in [0.4, 0.5) is 0 Å². The molecule has 0 saturated carbocycles. The number of hydrogen-bond acceptors (Lipinski definition) is 3. The molecule has 0 aliphatic carbocycles. The highest BCUT2D eigenvalue weighted by atomic mass is 32.1. The zero-order chi connectivity index (χ0) is 9.19. The summed E-state index contributed by atoms with van der Waals surface area (Å²) in [6, 6.07) is 3.72. The molecule has 0 saturated heterocycles. The van der Waals surface area contributed by atoms with Gasteiger partial charge in [-0.15, -0.1) is 11.3 Å². The standard InChI is InChI=1S/C8H11NO2S/c1-8(9,5-7(10)11)6-3-2-4-12-6/h2-4H,5,9H2,1H3,(H,10,11)/t8-/m1/s1. The molecule has 3 N–H and O–H groups in total. The molecular formula is C8H11NO2S. The van der Waals surface area contributed by atoms with Crippen molar-refractivity contribution >= 4 is 17.3 Å². The van der Waals surface area contributed by atoms with Crippen LogP contribution in [0.25, 0.3) is 0 Å². The summed E-state index contributed by atoms with van der Waals surface area (Å²) < 4.78 is 0. The number of aliphatic carboxylic acids is 1. The Labute approximate surface area is 74.8 Å². The second kappa shape index (κ2) is 3.25. The van der Waals surface area contributed by atoms with Crippen molar-refractivity contribution in [2.75, 3.05) is 0 Å². The van der Waals surface area contributed by atoms with E-state index >= 15 is 0 Å². The lowest BCUT2D eigenvalue weighted by molar-refractivity contribution is -0.138. The second-order valence-corrected chi connectivity index (χ2v) is 3.91. The SMILES string of the molecule is C[C@@](N)(CC(=O)O)c1cccs1. The molecule has 1 aromatic rings. The molecule has 66 valence electrons. The third-order valence-electron chi connectivity index (χ3n) is 1.60. The van der Waals surface area contributed by atoms with E-state index in [1.54, 1.807) is 6.92 Å². The fourth-order valence-electron chi connectivity index (χ4n) is 1.00. The topological polar surface area (TPSA) is 63.3 Å². The number of nitrogens with two attached hydrogens (primary N) is 1. The van der Waals surface area contributed by atoms with Crippen molar-refractivity contribution in [1.82, 2.24) is 0 Å². The van der Waals surface area contributed by atoms with Crippen molar-refractivity contribution in [3.8, 4) is 0 Å². The Hall–Kier alpha value is -0.870. The number of carbonyl (C=O) groups is 1. The maximum Gasteiger partial charge on any atom is 0.305 e. The van der Waals surface area contributed by atoms with Crippen LogP contribution in [-0.4, -0.2) is 11.1 Å². The zero-order valence-electron chi connectivity index (χ0n) is 6.78. The van der Waals surface area contributed by atoms with Crippen LogP contribution in [-0.2, 0) is 10.3 Å². The molecule has 3 nitrogen and oxygen atoms in total. The normalized spacial score (nSPS) is 15.5. The molecular weight excluding hydrogens is 174 g/mol. The highest BCUT2D eigenvalue weighted by Gasteiger charge is 2.25. The first kappa shape index (κ1) is 9.22. The van der Waals surface area contributed by atoms with E-state index in [1.807, 2.05) is 17.5 Å². The first-order valence-electron chi connectivity index (χ1n) is 3.57. The molecule has 1 rings (SSSR count). The summed E-state index contributed by atoms with van der Waals surface area (Å²) >= 11 is 1.48. The predicted octanol–water partition coefficient (Wildman–Crippen LogP) is 1.40. The van der Waals surface area contributed by atoms with Gasteiger partial charge in [0.05, 0.1) is 12.0 Å². The predicted molar refractivity (Wildman–Crippen MR) is 48.1 cm³/mol. The highest BCUT2D eigenvalue weighted by Crippen LogP contribution is 2.25. The Bertz CT molecular complexity index is 267. The summed E-state index contributed by atoms with van der Waals surface area (Å²) in [4.78, 5) is 11.3. The van der Waals surface area contributed by atoms with Gasteiger partial charge in [0.15, 0.2) is 0 Å². The fourth-order valence-corrected chi connectivity index (χ4v) is 1.81. The van der Waals surface area contributed by atoms with Crippen LogP contribution in [0.3, 0.4) is 0 Å². The molecule has 0 aliphatic rings. The maximum atomic E-state index is 10.4. The van der Waals surface area contributed by atoms with Crippen LogP contribution < -0.4 is 5.73 Å². The quantitative estimate of drug-likeness (QED) is 0.748. The average Bonchev–Trinajstić information content (AvgIpc) is 2.32. The van der Waals surface area contributed by atoms with Gasteiger partial charge in [0.25, 0.3) is 0 Å². The van der Waals surface area contributed by atoms with Crippen LogP contribution in [0.5, 0.6) is 0 Å². The first-order valence-corrected chi connectivity index (χ1v) is 4.45. The van der Waals surface area contributed by atoms with Crippen LogP contribution >= 0.6 is 11.3 Å². The molecule has 0 aliphatic heterocycles. The maximum absolute atomic E-state index is 10.4. The summed E-state index contributed by atoms with van der Waals surface area (Å²) in [6.07, 6.45) is -0.0342. The average molecular weight is 185 g/mol. The minimum Gasteiger partial charge on any atom is -0.481 e. The smallest absolute Gasteiger partial charge is 0.305 e. The van der Waals surface area contributed by atoms with Crippen LogP contribution in [0.15, 0.2) is 17.5 Å². The highest BCUT2D eigenvalue weighted by molar-refractivity contribution is 7.10. The molecule has 0 aromatic carbocycles. The number of carboxylic acids is 1. The van der Waals surface area contributed by atoms with Crippen molar-refractivity contribution in [1.29, 1.82) is 0 Å². The Morgan fingerprint density at radius 2 is 2.50 bits per heavy atom. The summed E-state index contributed by atoms with van der Waals surface area (Å²) in [5.41, 5.74) is 5.08. The van der Waals surface area contributed by atoms with Gasteiger partial charge in [0.1, 0.15) is 0 Å². The third kappa shape index (κ3) is 2.06. The zero-order valence-corrected chi connectivity index (χ0v) is 7.60. The van der Waals surface area contributed by atoms with E-state index in [4.69, 9.17) is 10.8 Å². The van der Waals surface area contributed by atoms with E-state index in [2.05, 4.69) is 0 Å². The molecule has 0 unspecified atom stereocenters. The summed E-state index contributed by atoms with van der Waals surface area (Å²) in [5.74, 6) is -0.867. The number of carboxylic acid groups (broad SMARTS) is 1. The van der Waals surface area contributed by atoms with Crippen molar-refractivity contribution in [3.63, 3.8) is 0 Å². The summed E-state index contributed by atoms with van der Waals surface area (Å²) in [5, 5.41) is 10.5. The number of hydrogen-bond donors (Lipinski definition) is 2. The monoisotopic (exact) mass is 185 g/mol. The Kier molecular flexibility index (Phi) is 2.49. The van der Waals surface area contributed by atoms with Crippen LogP contribution in [0.1, 0.15) is 18.2 Å². The molecule has 0 amide bonds. The van der Waals surface area contributed by atoms with E-state index in [1.165, 1.54) is 11.3 Å². The minimum atomic E-state index is -0.867. The Morgan fingerprint density at radius 3 is 2.92 bits per heavy atom. The molecule has 0 radical (unpaired) electrons. The third-order valence-corrected chi connectivity index (χ3v) is 2.75. The van der Waals surface area contributed by atoms with E-state index in [9.17, 15) is 4.79 Å². The molecule has 4 heteroatoms. The van der Waals surface area contributed by atoms with Gasteiger partial charge in [-0.2, -0.15) is 0 Å². The Morgan fingerprint density at radius 1 is 1.83 bits per heavy atom. The van der Waals surface area contributed by atoms with Gasteiger partial charge in [-0.25, -0.2) is 0 Å². The van der Waals surface area contributed by atoms with E-state index in [0.717, 1.165) is 4.88 Å². The lowest BCUT2D eigenvalue weighted by Crippen LogP contribution is -2.34. The van der Waals surface area contributed by atoms with Crippen LogP contribution in [0.2, 0.25) is 0 Å². The van der Waals surface area contributed by atoms with Gasteiger partial charge in [-0.05, 0) is 18.4 Å². The van der Waals surface area contributed by atoms with Gasteiger partial charge in [0, 0.05) is 4.88 Å². The number of rotatable bonds is 3. The van der Waals surface area contributed by atoms with E-state index < -0.39 is 11.5 Å². The summed E-state index contributed by atoms with van der Waals surface area (Å²) in [7, 11) is 0. The lowest BCUT2D eigenvalue weighted by atomic mass is 9.97. The van der Waals surface area contributed by atoms with Gasteiger partial charge in [0.2, 0.25) is 0 Å². The van der Waals surface area contributed by atoms with Crippen molar-refractivity contribution < 1.29 is 9.90 Å². The van der Waals surface area contributed by atoms with Crippen LogP contribution in [0, 0.1) is 0 Å². The van der Waals surface area contributed by atoms with Gasteiger partial charge in [-0.3, -0.25) is 4.79 Å². The molecule has 0 fully saturated rings. The molecule has 1 atom stereocenters. The van der Waals surface area contributed by atoms with Crippen molar-refractivity contribution in [2.24, 2.45) is 5.73 Å². The summed E-state index contributed by atoms with van der Waals surface area (Å²) in [6.45, 7) is 1.73. The molecule has 0 bridgehead atoms. The minimum absolute atomic E-state index is 0.0342. The Balaban J connectivity index is 2.79. The van der Waals surface area contributed by atoms with E-state index in [0.29, 0.717) is 0 Å². The van der Waals surface area contributed by atoms with Gasteiger partial charge < -0.3 is 10.8 Å². The molecule has 12 heavy (non-hydrogen) atoms. The van der Waals surface area contributed by atoms with Gasteiger partial charge in [-0.1, -0.05) is 6.07 Å². The first-order chi connectivity index (χ1) is 5.52. The van der Waals surface area contributed by atoms with Gasteiger partial charge >= 0.3 is 5.97 Å². The van der Waals surface area contributed by atoms with Crippen molar-refractivity contribution in [2.45, 2.75) is 18.9 Å². The molecule has 0 spiro atoms. The fraction of sp³-hybridized carbons (Fsp3) is 0.375. The lowest BCUT2D eigenvalue weighted by Gasteiger charge is -2.20. The van der Waals surface area contributed by atoms with E-state index in [-0.39, 0.29) is 6.42 Å². The number of thiophene rings is 1. The molecule has 1 heterocycles. The molecule has 1 aromatic heterocycles.